The molecule has 2 aromatic rings. The van der Waals surface area contributed by atoms with E-state index in [4.69, 9.17) is 14.2 Å². The van der Waals surface area contributed by atoms with Gasteiger partial charge in [0.2, 0.25) is 6.79 Å². The van der Waals surface area contributed by atoms with Gasteiger partial charge in [0.25, 0.3) is 5.91 Å². The van der Waals surface area contributed by atoms with Gasteiger partial charge >= 0.3 is 0 Å². The van der Waals surface area contributed by atoms with E-state index < -0.39 is 11.7 Å². The van der Waals surface area contributed by atoms with E-state index in [-0.39, 0.29) is 24.9 Å². The predicted molar refractivity (Wildman–Crippen MR) is 83.1 cm³/mol. The average molecular weight is 331 g/mol. The Bertz CT molecular complexity index is 806. The number of Topliss-reactive ketones (excluding diaryl/α,β-unsaturated/α-hetero) is 1. The number of ketones is 1. The van der Waals surface area contributed by atoms with Crippen molar-refractivity contribution in [3.05, 3.63) is 47.8 Å². The van der Waals surface area contributed by atoms with Crippen molar-refractivity contribution in [3.63, 3.8) is 0 Å². The van der Waals surface area contributed by atoms with Crippen LogP contribution in [0.1, 0.15) is 17.3 Å². The first-order valence-electron chi connectivity index (χ1n) is 7.16. The van der Waals surface area contributed by atoms with E-state index in [1.165, 1.54) is 43.3 Å². The first-order valence-corrected chi connectivity index (χ1v) is 7.16. The Morgan fingerprint density at radius 1 is 1.21 bits per heavy atom. The third-order valence-corrected chi connectivity index (χ3v) is 3.33. The van der Waals surface area contributed by atoms with Gasteiger partial charge in [0.15, 0.2) is 23.9 Å². The number of hydrogen-bond acceptors (Lipinski definition) is 5. The number of amides is 1. The summed E-state index contributed by atoms with van der Waals surface area (Å²) in [7, 11) is 0. The molecule has 0 saturated heterocycles. The molecule has 24 heavy (non-hydrogen) atoms. The maximum absolute atomic E-state index is 13.1. The van der Waals surface area contributed by atoms with Gasteiger partial charge < -0.3 is 19.5 Å². The van der Waals surface area contributed by atoms with Gasteiger partial charge in [-0.25, -0.2) is 4.39 Å². The van der Waals surface area contributed by atoms with Crippen molar-refractivity contribution in [3.8, 4) is 17.2 Å². The fourth-order valence-corrected chi connectivity index (χ4v) is 2.23. The lowest BCUT2D eigenvalue weighted by molar-refractivity contribution is -0.118. The quantitative estimate of drug-likeness (QED) is 0.853. The summed E-state index contributed by atoms with van der Waals surface area (Å²) in [5, 5.41) is 2.59. The summed E-state index contributed by atoms with van der Waals surface area (Å²) in [6.45, 7) is 1.12. The molecule has 0 unspecified atom stereocenters. The number of carbonyl (C=O) groups excluding carboxylic acids is 2. The van der Waals surface area contributed by atoms with Crippen LogP contribution in [0.15, 0.2) is 36.4 Å². The molecule has 7 heteroatoms. The SMILES string of the molecule is CC(=O)c1cc2c(cc1NC(=O)COc1cccc(F)c1)OCO2. The molecule has 1 heterocycles. The van der Waals surface area contributed by atoms with Crippen molar-refractivity contribution < 1.29 is 28.2 Å². The van der Waals surface area contributed by atoms with Crippen LogP contribution in [0.4, 0.5) is 10.1 Å². The third kappa shape index (κ3) is 3.45. The van der Waals surface area contributed by atoms with E-state index in [2.05, 4.69) is 5.32 Å². The fraction of sp³-hybridized carbons (Fsp3) is 0.176. The highest BCUT2D eigenvalue weighted by atomic mass is 19.1. The molecule has 1 aliphatic rings. The molecule has 0 bridgehead atoms. The summed E-state index contributed by atoms with van der Waals surface area (Å²) in [6.07, 6.45) is 0. The lowest BCUT2D eigenvalue weighted by Crippen LogP contribution is -2.21. The Balaban J connectivity index is 1.71. The van der Waals surface area contributed by atoms with E-state index in [0.717, 1.165) is 0 Å². The molecule has 1 N–H and O–H groups in total. The monoisotopic (exact) mass is 331 g/mol. The normalized spacial score (nSPS) is 11.9. The zero-order chi connectivity index (χ0) is 17.1. The number of benzene rings is 2. The molecular weight excluding hydrogens is 317 g/mol. The second kappa shape index (κ2) is 6.57. The van der Waals surface area contributed by atoms with E-state index in [0.29, 0.717) is 22.7 Å². The molecule has 0 radical (unpaired) electrons. The van der Waals surface area contributed by atoms with Gasteiger partial charge in [-0.15, -0.1) is 0 Å². The summed E-state index contributed by atoms with van der Waals surface area (Å²) in [5.41, 5.74) is 0.609. The van der Waals surface area contributed by atoms with Crippen LogP contribution >= 0.6 is 0 Å². The Kier molecular flexibility index (Phi) is 4.33. The van der Waals surface area contributed by atoms with Crippen LogP contribution in [0.3, 0.4) is 0 Å². The van der Waals surface area contributed by atoms with Crippen molar-refractivity contribution >= 4 is 17.4 Å². The van der Waals surface area contributed by atoms with E-state index in [1.54, 1.807) is 0 Å². The van der Waals surface area contributed by atoms with Crippen LogP contribution in [0.25, 0.3) is 0 Å². The van der Waals surface area contributed by atoms with Crippen molar-refractivity contribution in [2.45, 2.75) is 6.92 Å². The van der Waals surface area contributed by atoms with Gasteiger partial charge in [0, 0.05) is 17.7 Å². The molecule has 1 amide bonds. The fourth-order valence-electron chi connectivity index (χ4n) is 2.23. The summed E-state index contributed by atoms with van der Waals surface area (Å²) >= 11 is 0. The summed E-state index contributed by atoms with van der Waals surface area (Å²) in [5.74, 6) is -0.0315. The highest BCUT2D eigenvalue weighted by Gasteiger charge is 2.20. The molecule has 2 aromatic carbocycles. The second-order valence-electron chi connectivity index (χ2n) is 5.10. The molecule has 0 spiro atoms. The van der Waals surface area contributed by atoms with Crippen molar-refractivity contribution in [1.82, 2.24) is 0 Å². The zero-order valence-electron chi connectivity index (χ0n) is 12.8. The molecule has 124 valence electrons. The molecule has 3 rings (SSSR count). The van der Waals surface area contributed by atoms with Crippen LogP contribution in [-0.4, -0.2) is 25.1 Å². The van der Waals surface area contributed by atoms with Crippen molar-refractivity contribution in [2.75, 3.05) is 18.7 Å². The lowest BCUT2D eigenvalue weighted by atomic mass is 10.1. The Hall–Kier alpha value is -3.09. The maximum atomic E-state index is 13.1. The van der Waals surface area contributed by atoms with Crippen LogP contribution < -0.4 is 19.5 Å². The number of ether oxygens (including phenoxy) is 3. The van der Waals surface area contributed by atoms with Gasteiger partial charge in [-0.3, -0.25) is 9.59 Å². The van der Waals surface area contributed by atoms with E-state index >= 15 is 0 Å². The molecule has 1 aliphatic heterocycles. The highest BCUT2D eigenvalue weighted by Crippen LogP contribution is 2.37. The Morgan fingerprint density at radius 2 is 1.96 bits per heavy atom. The molecule has 0 saturated carbocycles. The van der Waals surface area contributed by atoms with E-state index in [1.807, 2.05) is 0 Å². The molecule has 6 nitrogen and oxygen atoms in total. The topological polar surface area (TPSA) is 73.9 Å². The van der Waals surface area contributed by atoms with Gasteiger partial charge in [-0.1, -0.05) is 6.07 Å². The Labute approximate surface area is 137 Å². The molecule has 0 aromatic heterocycles. The summed E-state index contributed by atoms with van der Waals surface area (Å²) in [6, 6.07) is 8.52. The molecule has 0 aliphatic carbocycles. The highest BCUT2D eigenvalue weighted by molar-refractivity contribution is 6.04. The van der Waals surface area contributed by atoms with Gasteiger partial charge in [-0.2, -0.15) is 0 Å². The first-order chi connectivity index (χ1) is 11.5. The largest absolute Gasteiger partial charge is 0.484 e. The number of anilines is 1. The van der Waals surface area contributed by atoms with Crippen LogP contribution in [0, 0.1) is 5.82 Å². The van der Waals surface area contributed by atoms with E-state index in [9.17, 15) is 14.0 Å². The average Bonchev–Trinajstić information content (AvgIpc) is 2.99. The van der Waals surface area contributed by atoms with Crippen LogP contribution in [0.2, 0.25) is 0 Å². The minimum Gasteiger partial charge on any atom is -0.484 e. The predicted octanol–water partition coefficient (Wildman–Crippen LogP) is 2.77. The molecule has 0 fully saturated rings. The minimum atomic E-state index is -0.486. The number of halogens is 1. The van der Waals surface area contributed by atoms with Gasteiger partial charge in [0.05, 0.1) is 5.69 Å². The van der Waals surface area contributed by atoms with Gasteiger partial charge in [0.1, 0.15) is 11.6 Å². The van der Waals surface area contributed by atoms with Crippen molar-refractivity contribution in [2.24, 2.45) is 0 Å². The number of fused-ring (bicyclic) bond motifs is 1. The number of nitrogens with one attached hydrogen (secondary N) is 1. The number of rotatable bonds is 5. The van der Waals surface area contributed by atoms with Crippen LogP contribution in [0.5, 0.6) is 17.2 Å². The van der Waals surface area contributed by atoms with Crippen LogP contribution in [-0.2, 0) is 4.79 Å². The lowest BCUT2D eigenvalue weighted by Gasteiger charge is -2.11. The standard InChI is InChI=1S/C17H14FNO5/c1-10(20)13-6-15-16(24-9-23-15)7-14(13)19-17(21)8-22-12-4-2-3-11(18)5-12/h2-7H,8-9H2,1H3,(H,19,21). The van der Waals surface area contributed by atoms with Crippen molar-refractivity contribution in [1.29, 1.82) is 0 Å². The smallest absolute Gasteiger partial charge is 0.262 e. The van der Waals surface area contributed by atoms with Gasteiger partial charge in [-0.05, 0) is 25.1 Å². The second-order valence-corrected chi connectivity index (χ2v) is 5.10. The zero-order valence-corrected chi connectivity index (χ0v) is 12.8. The number of hydrogen-bond donors (Lipinski definition) is 1. The molecule has 0 atom stereocenters. The minimum absolute atomic E-state index is 0.0623. The maximum Gasteiger partial charge on any atom is 0.262 e. The Morgan fingerprint density at radius 3 is 2.67 bits per heavy atom. The third-order valence-electron chi connectivity index (χ3n) is 3.33. The first kappa shape index (κ1) is 15.8. The number of carbonyl (C=O) groups is 2. The summed E-state index contributed by atoms with van der Waals surface area (Å²) < 4.78 is 28.7. The summed E-state index contributed by atoms with van der Waals surface area (Å²) in [4.78, 5) is 23.8. The molecular formula is C17H14FNO5.